The van der Waals surface area contributed by atoms with Crippen LogP contribution in [0.4, 0.5) is 0 Å². The highest BCUT2D eigenvalue weighted by Crippen LogP contribution is 2.35. The normalized spacial score (nSPS) is 17.6. The monoisotopic (exact) mass is 377 g/mol. The Bertz CT molecular complexity index is 723. The van der Waals surface area contributed by atoms with Crippen molar-refractivity contribution in [2.24, 2.45) is 0 Å². The van der Waals surface area contributed by atoms with Crippen molar-refractivity contribution >= 4 is 29.3 Å². The van der Waals surface area contributed by atoms with E-state index in [1.807, 2.05) is 53.4 Å². The number of carboxylic acids is 1. The van der Waals surface area contributed by atoms with Crippen LogP contribution in [-0.2, 0) is 4.79 Å². The molecule has 25 heavy (non-hydrogen) atoms. The molecular formula is C19H20ClNO3S. The molecule has 0 amide bonds. The Kier molecular flexibility index (Phi) is 6.24. The number of rotatable bonds is 7. The summed E-state index contributed by atoms with van der Waals surface area (Å²) in [6.07, 6.45) is 1.65. The fraction of sp³-hybridized carbons (Fsp3) is 0.316. The van der Waals surface area contributed by atoms with E-state index in [1.165, 1.54) is 0 Å². The molecule has 4 nitrogen and oxygen atoms in total. The molecule has 0 saturated carbocycles. The summed E-state index contributed by atoms with van der Waals surface area (Å²) >= 11 is 7.55. The lowest BCUT2D eigenvalue weighted by Crippen LogP contribution is -2.38. The van der Waals surface area contributed by atoms with Crippen molar-refractivity contribution < 1.29 is 14.6 Å². The number of aliphatic carboxylic acids is 1. The van der Waals surface area contributed by atoms with E-state index < -0.39 is 5.97 Å². The molecule has 2 aromatic carbocycles. The average Bonchev–Trinajstić information content (AvgIpc) is 3.07. The number of halogens is 1. The number of hydrogen-bond acceptors (Lipinski definition) is 4. The predicted molar refractivity (Wildman–Crippen MR) is 99.7 cm³/mol. The van der Waals surface area contributed by atoms with Crippen molar-refractivity contribution in [3.63, 3.8) is 0 Å². The Morgan fingerprint density at radius 3 is 2.76 bits per heavy atom. The van der Waals surface area contributed by atoms with Crippen molar-refractivity contribution in [2.75, 3.05) is 19.7 Å². The van der Waals surface area contributed by atoms with Gasteiger partial charge in [0.2, 0.25) is 0 Å². The third kappa shape index (κ3) is 4.91. The van der Waals surface area contributed by atoms with Crippen LogP contribution >= 0.6 is 23.4 Å². The molecule has 0 bridgehead atoms. The molecule has 132 valence electrons. The van der Waals surface area contributed by atoms with Crippen LogP contribution in [-0.4, -0.2) is 41.7 Å². The van der Waals surface area contributed by atoms with E-state index in [2.05, 4.69) is 0 Å². The van der Waals surface area contributed by atoms with Crippen molar-refractivity contribution in [3.8, 4) is 5.75 Å². The maximum Gasteiger partial charge on any atom is 0.320 e. The molecule has 3 rings (SSSR count). The molecule has 1 fully saturated rings. The number of hydrogen-bond donors (Lipinski definition) is 1. The van der Waals surface area contributed by atoms with Crippen LogP contribution < -0.4 is 4.74 Å². The van der Waals surface area contributed by atoms with Crippen LogP contribution in [0.5, 0.6) is 5.75 Å². The lowest BCUT2D eigenvalue weighted by molar-refractivity contribution is -0.142. The highest BCUT2D eigenvalue weighted by Gasteiger charge is 2.29. The van der Waals surface area contributed by atoms with Crippen molar-refractivity contribution in [2.45, 2.75) is 28.7 Å². The van der Waals surface area contributed by atoms with Gasteiger partial charge in [-0.2, -0.15) is 0 Å². The second kappa shape index (κ2) is 8.61. The number of para-hydroxylation sites is 1. The van der Waals surface area contributed by atoms with E-state index >= 15 is 0 Å². The minimum absolute atomic E-state index is 0.373. The van der Waals surface area contributed by atoms with E-state index in [9.17, 15) is 9.90 Å². The second-order valence-electron chi connectivity index (χ2n) is 5.88. The zero-order chi connectivity index (χ0) is 17.6. The Morgan fingerprint density at radius 1 is 1.24 bits per heavy atom. The molecule has 6 heteroatoms. The van der Waals surface area contributed by atoms with Crippen LogP contribution in [0.25, 0.3) is 0 Å². The zero-order valence-corrected chi connectivity index (χ0v) is 15.3. The van der Waals surface area contributed by atoms with Gasteiger partial charge in [0.1, 0.15) is 18.4 Å². The summed E-state index contributed by atoms with van der Waals surface area (Å²) in [6, 6.07) is 15.2. The van der Waals surface area contributed by atoms with Crippen LogP contribution in [0.3, 0.4) is 0 Å². The van der Waals surface area contributed by atoms with Crippen LogP contribution in [0.2, 0.25) is 5.02 Å². The Hall–Kier alpha value is -1.69. The first-order chi connectivity index (χ1) is 12.1. The molecular weight excluding hydrogens is 358 g/mol. The Labute approximate surface area is 156 Å². The van der Waals surface area contributed by atoms with Gasteiger partial charge < -0.3 is 9.84 Å². The van der Waals surface area contributed by atoms with Crippen LogP contribution in [0, 0.1) is 0 Å². The Morgan fingerprint density at radius 2 is 2.00 bits per heavy atom. The van der Waals surface area contributed by atoms with Crippen LogP contribution in [0.15, 0.2) is 58.3 Å². The molecule has 0 aromatic heterocycles. The zero-order valence-electron chi connectivity index (χ0n) is 13.7. The summed E-state index contributed by atoms with van der Waals surface area (Å²) in [5, 5.41) is 9.95. The van der Waals surface area contributed by atoms with Gasteiger partial charge in [0.15, 0.2) is 0 Å². The van der Waals surface area contributed by atoms with E-state index in [1.54, 1.807) is 11.8 Å². The molecule has 2 aromatic rings. The molecule has 1 aliphatic heterocycles. The summed E-state index contributed by atoms with van der Waals surface area (Å²) in [4.78, 5) is 15.3. The minimum atomic E-state index is -0.740. The Balaban J connectivity index is 1.59. The van der Waals surface area contributed by atoms with Crippen molar-refractivity contribution in [3.05, 3.63) is 53.6 Å². The first-order valence-electron chi connectivity index (χ1n) is 8.25. The van der Waals surface area contributed by atoms with E-state index in [-0.39, 0.29) is 6.04 Å². The summed E-state index contributed by atoms with van der Waals surface area (Å²) in [5.41, 5.74) is 0. The third-order valence-corrected chi connectivity index (χ3v) is 5.49. The smallest absolute Gasteiger partial charge is 0.320 e. The molecule has 0 spiro atoms. The minimum Gasteiger partial charge on any atom is -0.491 e. The largest absolute Gasteiger partial charge is 0.491 e. The summed E-state index contributed by atoms with van der Waals surface area (Å²) in [5.74, 6) is 0.0738. The lowest BCUT2D eigenvalue weighted by atomic mass is 10.2. The van der Waals surface area contributed by atoms with Gasteiger partial charge in [-0.3, -0.25) is 9.69 Å². The first kappa shape index (κ1) is 18.1. The predicted octanol–water partition coefficient (Wildman–Crippen LogP) is 4.42. The number of likely N-dealkylation sites (tertiary alicyclic amines) is 1. The number of ether oxygens (including phenoxy) is 1. The molecule has 0 unspecified atom stereocenters. The molecule has 1 saturated heterocycles. The number of carbonyl (C=O) groups is 1. The maximum atomic E-state index is 11.2. The fourth-order valence-corrected chi connectivity index (χ4v) is 3.96. The topological polar surface area (TPSA) is 49.8 Å². The fourth-order valence-electron chi connectivity index (χ4n) is 2.93. The van der Waals surface area contributed by atoms with E-state index in [0.717, 1.165) is 34.9 Å². The first-order valence-corrected chi connectivity index (χ1v) is 9.45. The molecule has 0 aliphatic carbocycles. The third-order valence-electron chi connectivity index (χ3n) is 4.18. The van der Waals surface area contributed by atoms with Gasteiger partial charge >= 0.3 is 5.97 Å². The van der Waals surface area contributed by atoms with E-state index in [0.29, 0.717) is 18.2 Å². The number of carboxylic acid groups (broad SMARTS) is 1. The number of benzene rings is 2. The maximum absolute atomic E-state index is 11.2. The molecule has 0 radical (unpaired) electrons. The standard InChI is InChI=1S/C19H20ClNO3S/c20-14-7-9-15(10-8-14)25-18-6-2-1-5-17(18)24-13-12-21-11-3-4-16(21)19(22)23/h1-2,5-10,16H,3-4,11-13H2,(H,22,23)/t16-/m0/s1. The van der Waals surface area contributed by atoms with Gasteiger partial charge in [0, 0.05) is 16.5 Å². The molecule has 1 heterocycles. The van der Waals surface area contributed by atoms with Gasteiger partial charge in [-0.1, -0.05) is 35.5 Å². The highest BCUT2D eigenvalue weighted by atomic mass is 35.5. The molecule has 1 N–H and O–H groups in total. The van der Waals surface area contributed by atoms with Gasteiger partial charge in [0.05, 0.1) is 4.90 Å². The van der Waals surface area contributed by atoms with Crippen LogP contribution in [0.1, 0.15) is 12.8 Å². The number of nitrogens with zero attached hydrogens (tertiary/aromatic N) is 1. The van der Waals surface area contributed by atoms with Crippen molar-refractivity contribution in [1.29, 1.82) is 0 Å². The molecule has 1 aliphatic rings. The van der Waals surface area contributed by atoms with Gasteiger partial charge in [-0.25, -0.2) is 0 Å². The average molecular weight is 378 g/mol. The van der Waals surface area contributed by atoms with Gasteiger partial charge in [-0.15, -0.1) is 0 Å². The summed E-state index contributed by atoms with van der Waals surface area (Å²) in [7, 11) is 0. The van der Waals surface area contributed by atoms with Gasteiger partial charge in [-0.05, 0) is 55.8 Å². The summed E-state index contributed by atoms with van der Waals surface area (Å²) in [6.45, 7) is 1.92. The lowest BCUT2D eigenvalue weighted by Gasteiger charge is -2.21. The highest BCUT2D eigenvalue weighted by molar-refractivity contribution is 7.99. The second-order valence-corrected chi connectivity index (χ2v) is 7.44. The van der Waals surface area contributed by atoms with Gasteiger partial charge in [0.25, 0.3) is 0 Å². The SMILES string of the molecule is O=C(O)[C@@H]1CCCN1CCOc1ccccc1Sc1ccc(Cl)cc1. The quantitative estimate of drug-likeness (QED) is 0.774. The summed E-state index contributed by atoms with van der Waals surface area (Å²) < 4.78 is 5.94. The molecule has 1 atom stereocenters. The van der Waals surface area contributed by atoms with E-state index in [4.69, 9.17) is 16.3 Å². The van der Waals surface area contributed by atoms with Crippen molar-refractivity contribution in [1.82, 2.24) is 4.90 Å².